The van der Waals surface area contributed by atoms with Gasteiger partial charge in [-0.25, -0.2) is 13.1 Å². The fourth-order valence-electron chi connectivity index (χ4n) is 2.78. The second kappa shape index (κ2) is 9.48. The molecule has 0 saturated carbocycles. The van der Waals surface area contributed by atoms with Crippen molar-refractivity contribution in [1.29, 1.82) is 0 Å². The molecule has 1 atom stereocenters. The van der Waals surface area contributed by atoms with E-state index >= 15 is 0 Å². The van der Waals surface area contributed by atoms with Crippen LogP contribution in [0.2, 0.25) is 0 Å². The van der Waals surface area contributed by atoms with Crippen molar-refractivity contribution in [2.75, 3.05) is 19.6 Å². The minimum Gasteiger partial charge on any atom is -0.288 e. The highest BCUT2D eigenvalue weighted by Gasteiger charge is 2.22. The van der Waals surface area contributed by atoms with Gasteiger partial charge in [-0.05, 0) is 24.6 Å². The lowest BCUT2D eigenvalue weighted by Crippen LogP contribution is -2.38. The molecule has 0 bridgehead atoms. The minimum absolute atomic E-state index is 0.118. The van der Waals surface area contributed by atoms with Crippen LogP contribution in [0.15, 0.2) is 84.8 Å². The van der Waals surface area contributed by atoms with Gasteiger partial charge in [0.1, 0.15) is 0 Å². The summed E-state index contributed by atoms with van der Waals surface area (Å²) in [6.45, 7) is 11.1. The predicted octanol–water partition coefficient (Wildman–Crippen LogP) is 3.69. The van der Waals surface area contributed by atoms with Crippen LogP contribution < -0.4 is 4.72 Å². The predicted molar refractivity (Wildman–Crippen MR) is 108 cm³/mol. The van der Waals surface area contributed by atoms with Gasteiger partial charge < -0.3 is 0 Å². The molecule has 5 heteroatoms. The summed E-state index contributed by atoms with van der Waals surface area (Å²) in [5.41, 5.74) is 2.07. The Morgan fingerprint density at radius 3 is 2.12 bits per heavy atom. The molecular weight excluding hydrogens is 344 g/mol. The lowest BCUT2D eigenvalue weighted by atomic mass is 10.1. The number of aryl methyl sites for hydroxylation is 1. The maximum atomic E-state index is 12.6. The highest BCUT2D eigenvalue weighted by Crippen LogP contribution is 2.21. The summed E-state index contributed by atoms with van der Waals surface area (Å²) < 4.78 is 28.0. The first kappa shape index (κ1) is 20.1. The average molecular weight is 371 g/mol. The van der Waals surface area contributed by atoms with Crippen LogP contribution in [0.5, 0.6) is 0 Å². The van der Waals surface area contributed by atoms with Crippen molar-refractivity contribution in [3.8, 4) is 0 Å². The molecule has 0 aromatic heterocycles. The Balaban J connectivity index is 2.24. The highest BCUT2D eigenvalue weighted by atomic mass is 32.2. The molecule has 2 rings (SSSR count). The van der Waals surface area contributed by atoms with Crippen LogP contribution in [0.4, 0.5) is 0 Å². The molecule has 138 valence electrons. The van der Waals surface area contributed by atoms with Gasteiger partial charge in [0.05, 0.1) is 4.90 Å². The van der Waals surface area contributed by atoms with Gasteiger partial charge in [0.25, 0.3) is 0 Å². The Kier molecular flexibility index (Phi) is 7.33. The summed E-state index contributed by atoms with van der Waals surface area (Å²) in [6.07, 6.45) is 3.63. The van der Waals surface area contributed by atoms with E-state index in [1.165, 1.54) is 0 Å². The van der Waals surface area contributed by atoms with E-state index in [1.807, 2.05) is 49.4 Å². The lowest BCUT2D eigenvalue weighted by molar-refractivity contribution is 0.244. The summed E-state index contributed by atoms with van der Waals surface area (Å²) in [5, 5.41) is 0. The normalized spacial score (nSPS) is 12.7. The third kappa shape index (κ3) is 5.39. The molecule has 0 aliphatic rings. The fourth-order valence-corrected chi connectivity index (χ4v) is 3.82. The molecule has 0 radical (unpaired) electrons. The molecule has 0 spiro atoms. The lowest BCUT2D eigenvalue weighted by Gasteiger charge is -2.30. The van der Waals surface area contributed by atoms with Crippen molar-refractivity contribution in [3.05, 3.63) is 91.0 Å². The van der Waals surface area contributed by atoms with Gasteiger partial charge >= 0.3 is 0 Å². The molecule has 4 nitrogen and oxygen atoms in total. The summed E-state index contributed by atoms with van der Waals surface area (Å²) in [6, 6.07) is 16.6. The molecule has 1 unspecified atom stereocenters. The maximum Gasteiger partial charge on any atom is 0.240 e. The molecule has 0 aliphatic heterocycles. The molecule has 0 heterocycles. The van der Waals surface area contributed by atoms with Crippen LogP contribution in [0.1, 0.15) is 17.2 Å². The van der Waals surface area contributed by atoms with E-state index in [9.17, 15) is 8.42 Å². The van der Waals surface area contributed by atoms with Gasteiger partial charge in [-0.15, -0.1) is 13.2 Å². The second-order valence-corrected chi connectivity index (χ2v) is 7.89. The monoisotopic (exact) mass is 370 g/mol. The topological polar surface area (TPSA) is 49.4 Å². The zero-order chi connectivity index (χ0) is 19.0. The third-order valence-electron chi connectivity index (χ3n) is 4.15. The van der Waals surface area contributed by atoms with Crippen LogP contribution in [0, 0.1) is 6.92 Å². The number of nitrogens with zero attached hydrogens (tertiary/aromatic N) is 1. The number of benzene rings is 2. The fraction of sp³-hybridized carbons (Fsp3) is 0.238. The van der Waals surface area contributed by atoms with E-state index < -0.39 is 10.0 Å². The highest BCUT2D eigenvalue weighted by molar-refractivity contribution is 7.89. The first-order valence-corrected chi connectivity index (χ1v) is 10.0. The first-order chi connectivity index (χ1) is 12.5. The molecule has 0 aliphatic carbocycles. The number of nitrogens with one attached hydrogen (secondary N) is 1. The molecule has 0 fully saturated rings. The van der Waals surface area contributed by atoms with Crippen LogP contribution in [0.25, 0.3) is 0 Å². The minimum atomic E-state index is -3.57. The van der Waals surface area contributed by atoms with E-state index in [1.54, 1.807) is 24.3 Å². The van der Waals surface area contributed by atoms with E-state index in [-0.39, 0.29) is 17.5 Å². The molecule has 0 saturated heterocycles. The van der Waals surface area contributed by atoms with Crippen molar-refractivity contribution < 1.29 is 8.42 Å². The van der Waals surface area contributed by atoms with E-state index in [0.29, 0.717) is 13.1 Å². The molecule has 2 aromatic rings. The molecule has 1 N–H and O–H groups in total. The molecular formula is C21H26N2O2S. The van der Waals surface area contributed by atoms with Gasteiger partial charge in [0.2, 0.25) is 10.0 Å². The number of hydrogen-bond donors (Lipinski definition) is 1. The zero-order valence-corrected chi connectivity index (χ0v) is 16.0. The summed E-state index contributed by atoms with van der Waals surface area (Å²) >= 11 is 0. The quantitative estimate of drug-likeness (QED) is 0.649. The van der Waals surface area contributed by atoms with E-state index in [0.717, 1.165) is 11.1 Å². The largest absolute Gasteiger partial charge is 0.288 e. The molecule has 26 heavy (non-hydrogen) atoms. The Labute approximate surface area is 156 Å². The van der Waals surface area contributed by atoms with E-state index in [2.05, 4.69) is 22.8 Å². The van der Waals surface area contributed by atoms with Crippen molar-refractivity contribution >= 4 is 10.0 Å². The first-order valence-electron chi connectivity index (χ1n) is 8.55. The van der Waals surface area contributed by atoms with Gasteiger partial charge in [0.15, 0.2) is 0 Å². The summed E-state index contributed by atoms with van der Waals surface area (Å²) in [5.74, 6) is 0. The molecule has 0 amide bonds. The average Bonchev–Trinajstić information content (AvgIpc) is 2.63. The Bertz CT molecular complexity index is 805. The third-order valence-corrected chi connectivity index (χ3v) is 5.59. The Hall–Kier alpha value is -2.21. The van der Waals surface area contributed by atoms with E-state index in [4.69, 9.17) is 0 Å². The SMILES string of the molecule is C=CCN(CC=C)C(CNS(=O)(=O)c1ccc(C)cc1)c1ccccc1. The number of rotatable bonds is 10. The van der Waals surface area contributed by atoms with Crippen molar-refractivity contribution in [1.82, 2.24) is 9.62 Å². The second-order valence-electron chi connectivity index (χ2n) is 6.12. The number of hydrogen-bond acceptors (Lipinski definition) is 3. The van der Waals surface area contributed by atoms with Crippen LogP contribution in [-0.4, -0.2) is 33.0 Å². The van der Waals surface area contributed by atoms with Gasteiger partial charge in [0, 0.05) is 25.7 Å². The molecule has 2 aromatic carbocycles. The summed E-state index contributed by atoms with van der Waals surface area (Å²) in [7, 11) is -3.57. The van der Waals surface area contributed by atoms with Crippen molar-refractivity contribution in [2.45, 2.75) is 17.9 Å². The maximum absolute atomic E-state index is 12.6. The van der Waals surface area contributed by atoms with Gasteiger partial charge in [-0.1, -0.05) is 60.2 Å². The van der Waals surface area contributed by atoms with Gasteiger partial charge in [-0.2, -0.15) is 0 Å². The van der Waals surface area contributed by atoms with Crippen LogP contribution in [-0.2, 0) is 10.0 Å². The smallest absolute Gasteiger partial charge is 0.240 e. The van der Waals surface area contributed by atoms with Crippen LogP contribution in [0.3, 0.4) is 0 Å². The number of sulfonamides is 1. The van der Waals surface area contributed by atoms with Crippen molar-refractivity contribution in [3.63, 3.8) is 0 Å². The standard InChI is InChI=1S/C21H26N2O2S/c1-4-15-23(16-5-2)21(19-9-7-6-8-10-19)17-22-26(24,25)20-13-11-18(3)12-14-20/h4-14,21-22H,1-2,15-17H2,3H3. The Morgan fingerprint density at radius 1 is 1.00 bits per heavy atom. The van der Waals surface area contributed by atoms with Crippen molar-refractivity contribution in [2.24, 2.45) is 0 Å². The van der Waals surface area contributed by atoms with Crippen LogP contribution >= 0.6 is 0 Å². The Morgan fingerprint density at radius 2 is 1.58 bits per heavy atom. The zero-order valence-electron chi connectivity index (χ0n) is 15.1. The van der Waals surface area contributed by atoms with Gasteiger partial charge in [-0.3, -0.25) is 4.90 Å². The summed E-state index contributed by atoms with van der Waals surface area (Å²) in [4.78, 5) is 2.40.